The minimum Gasteiger partial charge on any atom is -0.480 e. The van der Waals surface area contributed by atoms with Crippen LogP contribution < -0.4 is 10.6 Å². The summed E-state index contributed by atoms with van der Waals surface area (Å²) in [6, 6.07) is 6.85. The van der Waals surface area contributed by atoms with E-state index in [0.717, 1.165) is 10.2 Å². The molecule has 2 amide bonds. The van der Waals surface area contributed by atoms with E-state index in [0.29, 0.717) is 5.69 Å². The zero-order valence-electron chi connectivity index (χ0n) is 10.7. The molecule has 0 bridgehead atoms. The molecule has 0 unspecified atom stereocenters. The molecule has 20 heavy (non-hydrogen) atoms. The second-order valence-electron chi connectivity index (χ2n) is 4.14. The van der Waals surface area contributed by atoms with E-state index >= 15 is 0 Å². The fourth-order valence-corrected chi connectivity index (χ4v) is 1.57. The van der Waals surface area contributed by atoms with Gasteiger partial charge < -0.3 is 10.4 Å². The minimum absolute atomic E-state index is 0.177. The summed E-state index contributed by atoms with van der Waals surface area (Å²) < 4.78 is 1.12. The number of carboxylic acid groups (broad SMARTS) is 1. The first-order chi connectivity index (χ1) is 9.52. The van der Waals surface area contributed by atoms with Crippen molar-refractivity contribution >= 4 is 23.5 Å². The van der Waals surface area contributed by atoms with Gasteiger partial charge in [0.05, 0.1) is 6.20 Å². The van der Waals surface area contributed by atoms with Gasteiger partial charge in [-0.25, -0.2) is 9.48 Å². The van der Waals surface area contributed by atoms with E-state index in [1.165, 1.54) is 6.20 Å². The van der Waals surface area contributed by atoms with Gasteiger partial charge >= 0.3 is 12.0 Å². The highest BCUT2D eigenvalue weighted by molar-refractivity contribution is 5.99. The second kappa shape index (κ2) is 5.83. The highest BCUT2D eigenvalue weighted by Crippen LogP contribution is 2.10. The van der Waals surface area contributed by atoms with Gasteiger partial charge in [0.15, 0.2) is 5.82 Å². The number of aryl methyl sites for hydroxylation is 1. The average Bonchev–Trinajstić information content (AvgIpc) is 2.75. The van der Waals surface area contributed by atoms with Crippen molar-refractivity contribution in [3.8, 4) is 0 Å². The van der Waals surface area contributed by atoms with Crippen molar-refractivity contribution in [2.45, 2.75) is 13.5 Å². The van der Waals surface area contributed by atoms with Crippen molar-refractivity contribution in [3.63, 3.8) is 0 Å². The van der Waals surface area contributed by atoms with E-state index in [2.05, 4.69) is 20.9 Å². The number of carboxylic acids is 1. The highest BCUT2D eigenvalue weighted by Gasteiger charge is 2.07. The van der Waals surface area contributed by atoms with Crippen molar-refractivity contribution in [1.29, 1.82) is 0 Å². The van der Waals surface area contributed by atoms with Gasteiger partial charge in [-0.1, -0.05) is 17.3 Å². The Morgan fingerprint density at radius 1 is 1.35 bits per heavy atom. The van der Waals surface area contributed by atoms with Gasteiger partial charge in [-0.05, 0) is 24.6 Å². The van der Waals surface area contributed by atoms with Crippen LogP contribution in [0.5, 0.6) is 0 Å². The molecule has 0 radical (unpaired) electrons. The normalized spacial score (nSPS) is 10.1. The van der Waals surface area contributed by atoms with Crippen LogP contribution in [-0.2, 0) is 11.3 Å². The van der Waals surface area contributed by atoms with Gasteiger partial charge in [-0.2, -0.15) is 0 Å². The summed E-state index contributed by atoms with van der Waals surface area (Å²) in [6.45, 7) is 1.61. The first-order valence-electron chi connectivity index (χ1n) is 5.79. The summed E-state index contributed by atoms with van der Waals surface area (Å²) in [6.07, 6.45) is 1.34. The summed E-state index contributed by atoms with van der Waals surface area (Å²) in [4.78, 5) is 22.2. The third-order valence-electron chi connectivity index (χ3n) is 2.35. The Kier molecular flexibility index (Phi) is 3.94. The molecular formula is C12H13N5O3. The SMILES string of the molecule is Cc1cccc(NC(=O)Nc2cn(CC(=O)O)nn2)c1. The third-order valence-corrected chi connectivity index (χ3v) is 2.35. The number of aromatic nitrogens is 3. The summed E-state index contributed by atoms with van der Waals surface area (Å²) in [5.41, 5.74) is 1.68. The van der Waals surface area contributed by atoms with Crippen molar-refractivity contribution < 1.29 is 14.7 Å². The van der Waals surface area contributed by atoms with Gasteiger partial charge in [0.25, 0.3) is 0 Å². The molecule has 2 aromatic rings. The molecule has 0 aliphatic carbocycles. The molecule has 1 heterocycles. The molecule has 8 heteroatoms. The van der Waals surface area contributed by atoms with Gasteiger partial charge in [-0.15, -0.1) is 5.10 Å². The summed E-state index contributed by atoms with van der Waals surface area (Å²) >= 11 is 0. The minimum atomic E-state index is -1.04. The fraction of sp³-hybridized carbons (Fsp3) is 0.167. The van der Waals surface area contributed by atoms with Crippen molar-refractivity contribution in [1.82, 2.24) is 15.0 Å². The molecule has 1 aromatic carbocycles. The van der Waals surface area contributed by atoms with Crippen molar-refractivity contribution in [3.05, 3.63) is 36.0 Å². The molecule has 0 saturated heterocycles. The lowest BCUT2D eigenvalue weighted by Gasteiger charge is -2.05. The quantitative estimate of drug-likeness (QED) is 0.779. The molecule has 0 fully saturated rings. The summed E-state index contributed by atoms with van der Waals surface area (Å²) in [5, 5.41) is 20.9. The van der Waals surface area contributed by atoms with E-state index in [-0.39, 0.29) is 12.4 Å². The van der Waals surface area contributed by atoms with Crippen molar-refractivity contribution in [2.75, 3.05) is 10.6 Å². The molecule has 1 aromatic heterocycles. The number of amides is 2. The maximum atomic E-state index is 11.7. The maximum Gasteiger partial charge on any atom is 0.325 e. The smallest absolute Gasteiger partial charge is 0.325 e. The number of nitrogens with zero attached hydrogens (tertiary/aromatic N) is 3. The predicted octanol–water partition coefficient (Wildman–Crippen LogP) is 1.32. The van der Waals surface area contributed by atoms with Gasteiger partial charge in [-0.3, -0.25) is 10.1 Å². The number of urea groups is 1. The molecule has 0 atom stereocenters. The largest absolute Gasteiger partial charge is 0.480 e. The van der Waals surface area contributed by atoms with Crippen LogP contribution in [0.15, 0.2) is 30.5 Å². The highest BCUT2D eigenvalue weighted by atomic mass is 16.4. The topological polar surface area (TPSA) is 109 Å². The van der Waals surface area contributed by atoms with Crippen LogP contribution in [0.4, 0.5) is 16.3 Å². The molecule has 104 valence electrons. The van der Waals surface area contributed by atoms with E-state index in [1.807, 2.05) is 25.1 Å². The first kappa shape index (κ1) is 13.5. The standard InChI is InChI=1S/C12H13N5O3/c1-8-3-2-4-9(5-8)13-12(20)14-10-6-17(16-15-10)7-11(18)19/h2-6H,7H2,1H3,(H,18,19)(H2,13,14,20). The predicted molar refractivity (Wildman–Crippen MR) is 71.5 cm³/mol. The molecule has 0 aliphatic heterocycles. The zero-order chi connectivity index (χ0) is 14.5. The fourth-order valence-electron chi connectivity index (χ4n) is 1.57. The number of anilines is 2. The zero-order valence-corrected chi connectivity index (χ0v) is 10.7. The first-order valence-corrected chi connectivity index (χ1v) is 5.79. The van der Waals surface area contributed by atoms with Gasteiger partial charge in [0, 0.05) is 5.69 Å². The average molecular weight is 275 g/mol. The van der Waals surface area contributed by atoms with Crippen LogP contribution in [0.1, 0.15) is 5.56 Å². The Bertz CT molecular complexity index is 638. The molecule has 8 nitrogen and oxygen atoms in total. The Hall–Kier alpha value is -2.90. The Morgan fingerprint density at radius 3 is 2.85 bits per heavy atom. The van der Waals surface area contributed by atoms with E-state index in [1.54, 1.807) is 6.07 Å². The van der Waals surface area contributed by atoms with Crippen LogP contribution in [0.25, 0.3) is 0 Å². The van der Waals surface area contributed by atoms with Crippen molar-refractivity contribution in [2.24, 2.45) is 0 Å². The summed E-state index contributed by atoms with van der Waals surface area (Å²) in [5.74, 6) is -0.859. The lowest BCUT2D eigenvalue weighted by Crippen LogP contribution is -2.19. The van der Waals surface area contributed by atoms with Gasteiger partial charge in [0.1, 0.15) is 6.54 Å². The molecule has 2 rings (SSSR count). The Labute approximate surface area is 114 Å². The molecule has 0 spiro atoms. The van der Waals surface area contributed by atoms with Crippen LogP contribution >= 0.6 is 0 Å². The monoisotopic (exact) mass is 275 g/mol. The number of aliphatic carboxylic acids is 1. The summed E-state index contributed by atoms with van der Waals surface area (Å²) in [7, 11) is 0. The van der Waals surface area contributed by atoms with Crippen LogP contribution in [-0.4, -0.2) is 32.1 Å². The van der Waals surface area contributed by atoms with Crippen LogP contribution in [0.2, 0.25) is 0 Å². The second-order valence-corrected chi connectivity index (χ2v) is 4.14. The molecule has 3 N–H and O–H groups in total. The van der Waals surface area contributed by atoms with E-state index in [9.17, 15) is 9.59 Å². The number of benzene rings is 1. The number of nitrogens with one attached hydrogen (secondary N) is 2. The number of hydrogen-bond acceptors (Lipinski definition) is 4. The number of rotatable bonds is 4. The molecule has 0 aliphatic rings. The van der Waals surface area contributed by atoms with Crippen LogP contribution in [0.3, 0.4) is 0 Å². The number of carbonyl (C=O) groups is 2. The van der Waals surface area contributed by atoms with Crippen LogP contribution in [0, 0.1) is 6.92 Å². The molecular weight excluding hydrogens is 262 g/mol. The van der Waals surface area contributed by atoms with Gasteiger partial charge in [0.2, 0.25) is 0 Å². The third kappa shape index (κ3) is 3.80. The Balaban J connectivity index is 1.94. The van der Waals surface area contributed by atoms with E-state index < -0.39 is 12.0 Å². The molecule has 0 saturated carbocycles. The van der Waals surface area contributed by atoms with E-state index in [4.69, 9.17) is 5.11 Å². The lowest BCUT2D eigenvalue weighted by atomic mass is 10.2. The lowest BCUT2D eigenvalue weighted by molar-refractivity contribution is -0.137. The number of hydrogen-bond donors (Lipinski definition) is 3. The maximum absolute atomic E-state index is 11.7. The number of carbonyl (C=O) groups excluding carboxylic acids is 1. The Morgan fingerprint density at radius 2 is 2.15 bits per heavy atom.